The minimum absolute atomic E-state index is 0.240. The molecule has 0 aliphatic rings. The quantitative estimate of drug-likeness (QED) is 0.887. The summed E-state index contributed by atoms with van der Waals surface area (Å²) in [7, 11) is -3.25. The standard InChI is InChI=1S/C13H17N3O3S2/c1-13(2,3)16-11(17)15-12-14-9-6-5-8(21(4,18)19)7-10(9)20-12/h5-7H,1-4H3,(H2,14,15,16,17). The van der Waals surface area contributed by atoms with Gasteiger partial charge in [0, 0.05) is 11.8 Å². The van der Waals surface area contributed by atoms with Gasteiger partial charge in [0.2, 0.25) is 0 Å². The van der Waals surface area contributed by atoms with Crippen molar-refractivity contribution in [3.05, 3.63) is 18.2 Å². The number of amides is 2. The number of sulfone groups is 1. The number of fused-ring (bicyclic) bond motifs is 1. The molecule has 0 aliphatic heterocycles. The number of carbonyl (C=O) groups is 1. The van der Waals surface area contributed by atoms with Crippen molar-refractivity contribution in [2.24, 2.45) is 0 Å². The van der Waals surface area contributed by atoms with Crippen LogP contribution in [-0.4, -0.2) is 31.2 Å². The molecule has 0 saturated heterocycles. The van der Waals surface area contributed by atoms with Crippen molar-refractivity contribution in [1.82, 2.24) is 10.3 Å². The van der Waals surface area contributed by atoms with Crippen molar-refractivity contribution >= 4 is 42.6 Å². The average Bonchev–Trinajstić information content (AvgIpc) is 2.65. The summed E-state index contributed by atoms with van der Waals surface area (Å²) in [5.74, 6) is 0. The molecule has 1 aromatic heterocycles. The summed E-state index contributed by atoms with van der Waals surface area (Å²) in [6.45, 7) is 5.63. The van der Waals surface area contributed by atoms with Gasteiger partial charge in [-0.05, 0) is 39.0 Å². The van der Waals surface area contributed by atoms with Gasteiger partial charge >= 0.3 is 6.03 Å². The van der Waals surface area contributed by atoms with Gasteiger partial charge < -0.3 is 5.32 Å². The van der Waals surface area contributed by atoms with E-state index in [1.165, 1.54) is 17.4 Å². The first-order valence-electron chi connectivity index (χ1n) is 6.24. The molecule has 114 valence electrons. The molecule has 8 heteroatoms. The summed E-state index contributed by atoms with van der Waals surface area (Å²) in [6, 6.07) is 4.37. The second-order valence-electron chi connectivity index (χ2n) is 5.75. The number of rotatable bonds is 2. The average molecular weight is 327 g/mol. The number of hydrogen-bond acceptors (Lipinski definition) is 5. The first kappa shape index (κ1) is 15.7. The molecular weight excluding hydrogens is 310 g/mol. The van der Waals surface area contributed by atoms with Crippen LogP contribution in [0, 0.1) is 0 Å². The Kier molecular flexibility index (Phi) is 3.94. The Morgan fingerprint density at radius 1 is 1.29 bits per heavy atom. The maximum absolute atomic E-state index is 11.8. The SMILES string of the molecule is CC(C)(C)NC(=O)Nc1nc2ccc(S(C)(=O)=O)cc2s1. The van der Waals surface area contributed by atoms with Gasteiger partial charge in [-0.15, -0.1) is 0 Å². The van der Waals surface area contributed by atoms with Crippen molar-refractivity contribution in [3.8, 4) is 0 Å². The zero-order valence-corrected chi connectivity index (χ0v) is 13.9. The second kappa shape index (κ2) is 5.27. The highest BCUT2D eigenvalue weighted by Crippen LogP contribution is 2.28. The Bertz CT molecular complexity index is 789. The number of hydrogen-bond donors (Lipinski definition) is 2. The number of urea groups is 1. The van der Waals surface area contributed by atoms with Crippen molar-refractivity contribution < 1.29 is 13.2 Å². The number of nitrogens with zero attached hydrogens (tertiary/aromatic N) is 1. The van der Waals surface area contributed by atoms with E-state index < -0.39 is 9.84 Å². The van der Waals surface area contributed by atoms with E-state index in [1.54, 1.807) is 12.1 Å². The van der Waals surface area contributed by atoms with Crippen molar-refractivity contribution in [2.45, 2.75) is 31.2 Å². The third-order valence-electron chi connectivity index (χ3n) is 2.50. The van der Waals surface area contributed by atoms with E-state index in [-0.39, 0.29) is 16.5 Å². The van der Waals surface area contributed by atoms with Gasteiger partial charge in [-0.1, -0.05) is 11.3 Å². The van der Waals surface area contributed by atoms with Crippen molar-refractivity contribution in [1.29, 1.82) is 0 Å². The Hall–Kier alpha value is -1.67. The van der Waals surface area contributed by atoms with Crippen molar-refractivity contribution in [2.75, 3.05) is 11.6 Å². The molecule has 1 aromatic carbocycles. The van der Waals surface area contributed by atoms with Crippen LogP contribution in [0.3, 0.4) is 0 Å². The topological polar surface area (TPSA) is 88.2 Å². The van der Waals surface area contributed by atoms with E-state index in [1.807, 2.05) is 20.8 Å². The molecule has 0 bridgehead atoms. The molecule has 0 radical (unpaired) electrons. The molecule has 0 atom stereocenters. The van der Waals surface area contributed by atoms with Gasteiger partial charge in [0.25, 0.3) is 0 Å². The van der Waals surface area contributed by atoms with Crippen LogP contribution in [0.2, 0.25) is 0 Å². The van der Waals surface area contributed by atoms with Crippen molar-refractivity contribution in [3.63, 3.8) is 0 Å². The predicted octanol–water partition coefficient (Wildman–Crippen LogP) is 2.62. The molecule has 0 spiro atoms. The summed E-state index contributed by atoms with van der Waals surface area (Å²) in [5.41, 5.74) is 0.308. The number of anilines is 1. The number of benzene rings is 1. The first-order valence-corrected chi connectivity index (χ1v) is 8.95. The van der Waals surface area contributed by atoms with Gasteiger partial charge in [0.05, 0.1) is 15.1 Å². The lowest BCUT2D eigenvalue weighted by molar-refractivity contribution is 0.244. The third kappa shape index (κ3) is 4.15. The minimum Gasteiger partial charge on any atom is -0.333 e. The van der Waals surface area contributed by atoms with E-state index in [0.29, 0.717) is 15.3 Å². The molecular formula is C13H17N3O3S2. The highest BCUT2D eigenvalue weighted by Gasteiger charge is 2.16. The zero-order chi connectivity index (χ0) is 15.8. The smallest absolute Gasteiger partial charge is 0.321 e. The molecule has 2 N–H and O–H groups in total. The molecule has 1 heterocycles. The molecule has 0 unspecified atom stereocenters. The molecule has 0 aliphatic carbocycles. The van der Waals surface area contributed by atoms with Gasteiger partial charge in [-0.2, -0.15) is 0 Å². The van der Waals surface area contributed by atoms with Crippen LogP contribution in [0.4, 0.5) is 9.93 Å². The maximum Gasteiger partial charge on any atom is 0.321 e. The van der Waals surface area contributed by atoms with Crippen LogP contribution in [0.15, 0.2) is 23.1 Å². The van der Waals surface area contributed by atoms with Crippen LogP contribution in [0.1, 0.15) is 20.8 Å². The summed E-state index contributed by atoms with van der Waals surface area (Å²) in [5, 5.41) is 5.85. The summed E-state index contributed by atoms with van der Waals surface area (Å²) in [4.78, 5) is 16.3. The highest BCUT2D eigenvalue weighted by molar-refractivity contribution is 7.90. The molecule has 0 saturated carbocycles. The van der Waals surface area contributed by atoms with Crippen LogP contribution >= 0.6 is 11.3 Å². The summed E-state index contributed by atoms with van der Waals surface area (Å²) in [6.07, 6.45) is 1.16. The van der Waals surface area contributed by atoms with Gasteiger partial charge in [-0.25, -0.2) is 18.2 Å². The van der Waals surface area contributed by atoms with Gasteiger partial charge in [0.1, 0.15) is 0 Å². The Labute approximate surface area is 127 Å². The molecule has 2 aromatic rings. The van der Waals surface area contributed by atoms with Crippen LogP contribution in [0.25, 0.3) is 10.2 Å². The van der Waals surface area contributed by atoms with E-state index in [4.69, 9.17) is 0 Å². The highest BCUT2D eigenvalue weighted by atomic mass is 32.2. The lowest BCUT2D eigenvalue weighted by Crippen LogP contribution is -2.43. The lowest BCUT2D eigenvalue weighted by atomic mass is 10.1. The molecule has 2 rings (SSSR count). The summed E-state index contributed by atoms with van der Waals surface area (Å²) < 4.78 is 23.8. The Morgan fingerprint density at radius 3 is 2.52 bits per heavy atom. The third-order valence-corrected chi connectivity index (χ3v) is 4.54. The predicted molar refractivity (Wildman–Crippen MR) is 84.6 cm³/mol. The normalized spacial score (nSPS) is 12.4. The minimum atomic E-state index is -3.25. The lowest BCUT2D eigenvalue weighted by Gasteiger charge is -2.19. The molecule has 6 nitrogen and oxygen atoms in total. The number of aromatic nitrogens is 1. The van der Waals surface area contributed by atoms with Crippen LogP contribution in [-0.2, 0) is 9.84 Å². The number of carbonyl (C=O) groups excluding carboxylic acids is 1. The summed E-state index contributed by atoms with van der Waals surface area (Å²) >= 11 is 1.23. The zero-order valence-electron chi connectivity index (χ0n) is 12.2. The Morgan fingerprint density at radius 2 is 1.95 bits per heavy atom. The Balaban J connectivity index is 2.25. The van der Waals surface area contributed by atoms with E-state index in [0.717, 1.165) is 6.26 Å². The van der Waals surface area contributed by atoms with E-state index >= 15 is 0 Å². The fourth-order valence-corrected chi connectivity index (χ4v) is 3.28. The second-order valence-corrected chi connectivity index (χ2v) is 8.80. The largest absolute Gasteiger partial charge is 0.333 e. The molecule has 21 heavy (non-hydrogen) atoms. The maximum atomic E-state index is 11.8. The van der Waals surface area contributed by atoms with Crippen LogP contribution < -0.4 is 10.6 Å². The number of thiazole rings is 1. The van der Waals surface area contributed by atoms with Crippen LogP contribution in [0.5, 0.6) is 0 Å². The fraction of sp³-hybridized carbons (Fsp3) is 0.385. The first-order chi connectivity index (χ1) is 9.54. The van der Waals surface area contributed by atoms with Gasteiger partial charge in [0.15, 0.2) is 15.0 Å². The van der Waals surface area contributed by atoms with Gasteiger partial charge in [-0.3, -0.25) is 5.32 Å². The van der Waals surface area contributed by atoms with E-state index in [9.17, 15) is 13.2 Å². The molecule has 0 fully saturated rings. The number of nitrogens with one attached hydrogen (secondary N) is 2. The monoisotopic (exact) mass is 327 g/mol. The van der Waals surface area contributed by atoms with E-state index in [2.05, 4.69) is 15.6 Å². The molecule has 2 amide bonds. The fourth-order valence-electron chi connectivity index (χ4n) is 1.66.